The van der Waals surface area contributed by atoms with Gasteiger partial charge in [-0.25, -0.2) is 5.43 Å². The monoisotopic (exact) mass is 450 g/mol. The van der Waals surface area contributed by atoms with Crippen molar-refractivity contribution in [3.05, 3.63) is 120 Å². The summed E-state index contributed by atoms with van der Waals surface area (Å²) in [6, 6.07) is 35.2. The SMILES string of the molecule is C[C@H](Oc1ccc(-c2ccccc2)cc1)C(=O)N/N=C\c1ccc(OCc2ccccc2)cc1. The van der Waals surface area contributed by atoms with Gasteiger partial charge in [0.05, 0.1) is 6.21 Å². The maximum absolute atomic E-state index is 12.3. The predicted octanol–water partition coefficient (Wildman–Crippen LogP) is 5.85. The number of amides is 1. The molecule has 0 heterocycles. The molecular weight excluding hydrogens is 424 g/mol. The fourth-order valence-corrected chi connectivity index (χ4v) is 3.27. The normalized spacial score (nSPS) is 11.7. The topological polar surface area (TPSA) is 59.9 Å². The molecule has 5 heteroatoms. The van der Waals surface area contributed by atoms with E-state index < -0.39 is 6.10 Å². The summed E-state index contributed by atoms with van der Waals surface area (Å²) in [5.41, 5.74) is 6.70. The second-order valence-corrected chi connectivity index (χ2v) is 7.73. The Morgan fingerprint density at radius 3 is 2.06 bits per heavy atom. The summed E-state index contributed by atoms with van der Waals surface area (Å²) in [5, 5.41) is 4.04. The van der Waals surface area contributed by atoms with Crippen LogP contribution in [0.2, 0.25) is 0 Å². The average molecular weight is 451 g/mol. The zero-order valence-corrected chi connectivity index (χ0v) is 18.9. The Bertz CT molecular complexity index is 1210. The van der Waals surface area contributed by atoms with Gasteiger partial charge in [0.25, 0.3) is 5.91 Å². The third-order valence-corrected chi connectivity index (χ3v) is 5.16. The van der Waals surface area contributed by atoms with Gasteiger partial charge >= 0.3 is 0 Å². The Labute approximate surface area is 199 Å². The number of carbonyl (C=O) groups is 1. The Kier molecular flexibility index (Phi) is 7.70. The van der Waals surface area contributed by atoms with Crippen molar-refractivity contribution < 1.29 is 14.3 Å². The molecule has 170 valence electrons. The van der Waals surface area contributed by atoms with E-state index >= 15 is 0 Å². The molecule has 0 aliphatic carbocycles. The minimum absolute atomic E-state index is 0.328. The van der Waals surface area contributed by atoms with E-state index in [4.69, 9.17) is 9.47 Å². The number of rotatable bonds is 9. The smallest absolute Gasteiger partial charge is 0.280 e. The van der Waals surface area contributed by atoms with Crippen LogP contribution in [0.4, 0.5) is 0 Å². The van der Waals surface area contributed by atoms with Crippen LogP contribution in [-0.2, 0) is 11.4 Å². The van der Waals surface area contributed by atoms with Crippen LogP contribution in [0, 0.1) is 0 Å². The summed E-state index contributed by atoms with van der Waals surface area (Å²) in [7, 11) is 0. The fourth-order valence-electron chi connectivity index (χ4n) is 3.27. The molecule has 0 fully saturated rings. The lowest BCUT2D eigenvalue weighted by Gasteiger charge is -2.13. The quantitative estimate of drug-likeness (QED) is 0.257. The van der Waals surface area contributed by atoms with Crippen LogP contribution in [-0.4, -0.2) is 18.2 Å². The molecule has 0 unspecified atom stereocenters. The van der Waals surface area contributed by atoms with Crippen molar-refractivity contribution >= 4 is 12.1 Å². The van der Waals surface area contributed by atoms with Crippen molar-refractivity contribution in [2.24, 2.45) is 5.10 Å². The number of ether oxygens (including phenoxy) is 2. The van der Waals surface area contributed by atoms with Crippen LogP contribution in [0.5, 0.6) is 11.5 Å². The largest absolute Gasteiger partial charge is 0.489 e. The van der Waals surface area contributed by atoms with Crippen molar-refractivity contribution in [3.63, 3.8) is 0 Å². The number of benzene rings is 4. The van der Waals surface area contributed by atoms with Gasteiger partial charge in [-0.15, -0.1) is 0 Å². The lowest BCUT2D eigenvalue weighted by atomic mass is 10.1. The van der Waals surface area contributed by atoms with Gasteiger partial charge in [-0.05, 0) is 65.6 Å². The first-order chi connectivity index (χ1) is 16.7. The van der Waals surface area contributed by atoms with Crippen molar-refractivity contribution in [1.29, 1.82) is 0 Å². The summed E-state index contributed by atoms with van der Waals surface area (Å²) in [6.45, 7) is 2.20. The molecule has 0 radical (unpaired) electrons. The molecule has 1 atom stereocenters. The molecule has 0 saturated heterocycles. The van der Waals surface area contributed by atoms with E-state index in [0.29, 0.717) is 12.4 Å². The maximum Gasteiger partial charge on any atom is 0.280 e. The molecule has 0 aliphatic rings. The van der Waals surface area contributed by atoms with Gasteiger partial charge in [-0.3, -0.25) is 4.79 Å². The van der Waals surface area contributed by atoms with E-state index in [2.05, 4.69) is 22.7 Å². The molecule has 34 heavy (non-hydrogen) atoms. The highest BCUT2D eigenvalue weighted by Gasteiger charge is 2.14. The molecule has 4 aromatic carbocycles. The van der Waals surface area contributed by atoms with Gasteiger partial charge in [0.2, 0.25) is 0 Å². The van der Waals surface area contributed by atoms with E-state index in [-0.39, 0.29) is 5.91 Å². The van der Waals surface area contributed by atoms with Crippen molar-refractivity contribution in [2.45, 2.75) is 19.6 Å². The predicted molar refractivity (Wildman–Crippen MR) is 135 cm³/mol. The van der Waals surface area contributed by atoms with E-state index in [1.807, 2.05) is 97.1 Å². The average Bonchev–Trinajstić information content (AvgIpc) is 2.89. The molecule has 0 saturated carbocycles. The molecular formula is C29H26N2O3. The number of nitrogens with zero attached hydrogens (tertiary/aromatic N) is 1. The zero-order chi connectivity index (χ0) is 23.6. The molecule has 0 aromatic heterocycles. The third kappa shape index (κ3) is 6.56. The fraction of sp³-hybridized carbons (Fsp3) is 0.103. The molecule has 1 N–H and O–H groups in total. The van der Waals surface area contributed by atoms with Crippen LogP contribution in [0.15, 0.2) is 114 Å². The number of hydrogen-bond donors (Lipinski definition) is 1. The number of nitrogens with one attached hydrogen (secondary N) is 1. The highest BCUT2D eigenvalue weighted by atomic mass is 16.5. The third-order valence-electron chi connectivity index (χ3n) is 5.16. The van der Waals surface area contributed by atoms with Gasteiger partial charge in [0.1, 0.15) is 18.1 Å². The molecule has 0 spiro atoms. The molecule has 4 rings (SSSR count). The second kappa shape index (κ2) is 11.5. The molecule has 0 aliphatic heterocycles. The first-order valence-corrected chi connectivity index (χ1v) is 11.1. The van der Waals surface area contributed by atoms with E-state index in [1.54, 1.807) is 13.1 Å². The molecule has 4 aromatic rings. The Morgan fingerprint density at radius 2 is 1.38 bits per heavy atom. The first kappa shape index (κ1) is 22.8. The Morgan fingerprint density at radius 1 is 0.794 bits per heavy atom. The minimum atomic E-state index is -0.687. The summed E-state index contributed by atoms with van der Waals surface area (Å²) >= 11 is 0. The summed E-state index contributed by atoms with van der Waals surface area (Å²) in [6.07, 6.45) is 0.897. The molecule has 1 amide bonds. The maximum atomic E-state index is 12.3. The number of hydrazone groups is 1. The highest BCUT2D eigenvalue weighted by molar-refractivity contribution is 5.84. The van der Waals surface area contributed by atoms with Crippen LogP contribution < -0.4 is 14.9 Å². The Hall–Kier alpha value is -4.38. The van der Waals surface area contributed by atoms with Crippen LogP contribution in [0.3, 0.4) is 0 Å². The first-order valence-electron chi connectivity index (χ1n) is 11.1. The Balaban J connectivity index is 1.23. The van der Waals surface area contributed by atoms with E-state index in [9.17, 15) is 4.79 Å². The highest BCUT2D eigenvalue weighted by Crippen LogP contribution is 2.22. The van der Waals surface area contributed by atoms with Crippen molar-refractivity contribution in [1.82, 2.24) is 5.43 Å². The van der Waals surface area contributed by atoms with E-state index in [1.165, 1.54) is 0 Å². The van der Waals surface area contributed by atoms with E-state index in [0.717, 1.165) is 28.0 Å². The summed E-state index contributed by atoms with van der Waals surface area (Å²) in [4.78, 5) is 12.3. The lowest BCUT2D eigenvalue weighted by molar-refractivity contribution is -0.127. The zero-order valence-electron chi connectivity index (χ0n) is 18.9. The lowest BCUT2D eigenvalue weighted by Crippen LogP contribution is -2.33. The minimum Gasteiger partial charge on any atom is -0.489 e. The molecule has 0 bridgehead atoms. The summed E-state index contributed by atoms with van der Waals surface area (Å²) in [5.74, 6) is 1.06. The van der Waals surface area contributed by atoms with Crippen molar-refractivity contribution in [2.75, 3.05) is 0 Å². The van der Waals surface area contributed by atoms with Crippen LogP contribution >= 0.6 is 0 Å². The second-order valence-electron chi connectivity index (χ2n) is 7.73. The van der Waals surface area contributed by atoms with Gasteiger partial charge in [-0.2, -0.15) is 5.10 Å². The van der Waals surface area contributed by atoms with Crippen molar-refractivity contribution in [3.8, 4) is 22.6 Å². The summed E-state index contributed by atoms with van der Waals surface area (Å²) < 4.78 is 11.5. The van der Waals surface area contributed by atoms with Gasteiger partial charge in [0, 0.05) is 0 Å². The standard InChI is InChI=1S/C29H26N2O3/c1-22(34-28-18-14-26(15-19-28)25-10-6-3-7-11-25)29(32)31-30-20-23-12-16-27(17-13-23)33-21-24-8-4-2-5-9-24/h2-20,22H,21H2,1H3,(H,31,32)/b30-20-/t22-/m0/s1. The number of hydrogen-bond acceptors (Lipinski definition) is 4. The van der Waals surface area contributed by atoms with Gasteiger partial charge < -0.3 is 9.47 Å². The molecule has 5 nitrogen and oxygen atoms in total. The van der Waals surface area contributed by atoms with Crippen LogP contribution in [0.25, 0.3) is 11.1 Å². The van der Waals surface area contributed by atoms with Gasteiger partial charge in [-0.1, -0.05) is 72.8 Å². The van der Waals surface area contributed by atoms with Crippen LogP contribution in [0.1, 0.15) is 18.1 Å². The number of carbonyl (C=O) groups excluding carboxylic acids is 1. The van der Waals surface area contributed by atoms with Gasteiger partial charge in [0.15, 0.2) is 6.10 Å².